The highest BCUT2D eigenvalue weighted by Crippen LogP contribution is 2.28. The van der Waals surface area contributed by atoms with Crippen LogP contribution in [-0.4, -0.2) is 36.8 Å². The third kappa shape index (κ3) is 3.99. The van der Waals surface area contributed by atoms with Gasteiger partial charge in [0.05, 0.1) is 15.5 Å². The van der Waals surface area contributed by atoms with Crippen LogP contribution >= 0.6 is 11.6 Å². The summed E-state index contributed by atoms with van der Waals surface area (Å²) < 4.78 is 32.8. The van der Waals surface area contributed by atoms with Gasteiger partial charge in [-0.15, -0.1) is 0 Å². The molecular formula is C21H19ClN2O4S. The minimum Gasteiger partial charge on any atom is -0.421 e. The highest BCUT2D eigenvalue weighted by Gasteiger charge is 2.27. The first-order valence-corrected chi connectivity index (χ1v) is 11.1. The van der Waals surface area contributed by atoms with Gasteiger partial charge >= 0.3 is 5.97 Å². The highest BCUT2D eigenvalue weighted by atomic mass is 35.5. The van der Waals surface area contributed by atoms with Crippen molar-refractivity contribution in [1.82, 2.24) is 9.29 Å². The van der Waals surface area contributed by atoms with Crippen LogP contribution < -0.4 is 4.74 Å². The number of piperidine rings is 1. The molecule has 3 aromatic rings. The van der Waals surface area contributed by atoms with Gasteiger partial charge in [-0.25, -0.2) is 13.2 Å². The number of hydrogen-bond donors (Lipinski definition) is 0. The lowest BCUT2D eigenvalue weighted by molar-refractivity contribution is 0.0736. The minimum atomic E-state index is -3.69. The second-order valence-corrected chi connectivity index (χ2v) is 9.17. The highest BCUT2D eigenvalue weighted by molar-refractivity contribution is 7.89. The summed E-state index contributed by atoms with van der Waals surface area (Å²) in [6.07, 6.45) is 4.29. The van der Waals surface area contributed by atoms with E-state index in [-0.39, 0.29) is 21.2 Å². The first-order valence-electron chi connectivity index (χ1n) is 9.32. The third-order valence-electron chi connectivity index (χ3n) is 4.91. The van der Waals surface area contributed by atoms with Gasteiger partial charge in [-0.3, -0.25) is 4.98 Å². The molecule has 8 heteroatoms. The number of nitrogens with zero attached hydrogens (tertiary/aromatic N) is 2. The van der Waals surface area contributed by atoms with E-state index < -0.39 is 16.0 Å². The number of rotatable bonds is 4. The molecule has 1 saturated heterocycles. The zero-order valence-corrected chi connectivity index (χ0v) is 17.1. The average Bonchev–Trinajstić information content (AvgIpc) is 2.75. The molecule has 1 aliphatic heterocycles. The van der Waals surface area contributed by atoms with Gasteiger partial charge in [-0.2, -0.15) is 4.31 Å². The number of para-hydroxylation sites is 1. The lowest BCUT2D eigenvalue weighted by atomic mass is 10.2. The molecule has 1 fully saturated rings. The van der Waals surface area contributed by atoms with Crippen molar-refractivity contribution in [1.29, 1.82) is 0 Å². The predicted octanol–water partition coefficient (Wildman–Crippen LogP) is 4.28. The summed E-state index contributed by atoms with van der Waals surface area (Å²) in [5, 5.41) is 0.950. The Morgan fingerprint density at radius 2 is 1.79 bits per heavy atom. The Bertz CT molecular complexity index is 1170. The van der Waals surface area contributed by atoms with Gasteiger partial charge in [-0.05, 0) is 43.2 Å². The van der Waals surface area contributed by atoms with Crippen LogP contribution in [0.2, 0.25) is 5.02 Å². The predicted molar refractivity (Wildman–Crippen MR) is 111 cm³/mol. The fraction of sp³-hybridized carbons (Fsp3) is 0.238. The molecule has 2 aromatic carbocycles. The maximum absolute atomic E-state index is 12.9. The Kier molecular flexibility index (Phi) is 5.54. The molecule has 0 aliphatic carbocycles. The Morgan fingerprint density at radius 1 is 1.03 bits per heavy atom. The van der Waals surface area contributed by atoms with E-state index in [4.69, 9.17) is 16.3 Å². The molecule has 0 radical (unpaired) electrons. The number of ether oxygens (including phenoxy) is 1. The Morgan fingerprint density at radius 3 is 2.59 bits per heavy atom. The molecular weight excluding hydrogens is 412 g/mol. The van der Waals surface area contributed by atoms with Crippen molar-refractivity contribution in [2.24, 2.45) is 0 Å². The summed E-state index contributed by atoms with van der Waals surface area (Å²) in [5.74, 6) is -0.447. The average molecular weight is 431 g/mol. The molecule has 1 aromatic heterocycles. The quantitative estimate of drug-likeness (QED) is 0.456. The number of carbonyl (C=O) groups excluding carboxylic acids is 1. The maximum Gasteiger partial charge on any atom is 0.345 e. The van der Waals surface area contributed by atoms with Crippen molar-refractivity contribution in [3.05, 3.63) is 65.3 Å². The molecule has 6 nitrogen and oxygen atoms in total. The number of carbonyl (C=O) groups is 1. The molecule has 4 rings (SSSR count). The normalized spacial score (nSPS) is 15.3. The molecule has 29 heavy (non-hydrogen) atoms. The summed E-state index contributed by atoms with van der Waals surface area (Å²) in [6, 6.07) is 13.0. The van der Waals surface area contributed by atoms with Crippen LogP contribution in [-0.2, 0) is 10.0 Å². The smallest absolute Gasteiger partial charge is 0.345 e. The molecule has 0 bridgehead atoms. The van der Waals surface area contributed by atoms with Crippen LogP contribution in [0.1, 0.15) is 29.6 Å². The van der Waals surface area contributed by atoms with Crippen LogP contribution in [0.25, 0.3) is 10.9 Å². The van der Waals surface area contributed by atoms with E-state index in [9.17, 15) is 13.2 Å². The van der Waals surface area contributed by atoms with Crippen LogP contribution in [0.15, 0.2) is 59.6 Å². The summed E-state index contributed by atoms with van der Waals surface area (Å²) in [6.45, 7) is 0.957. The molecule has 2 heterocycles. The topological polar surface area (TPSA) is 76.6 Å². The number of fused-ring (bicyclic) bond motifs is 1. The van der Waals surface area contributed by atoms with Crippen LogP contribution in [0.3, 0.4) is 0 Å². The second-order valence-electron chi connectivity index (χ2n) is 6.83. The first-order chi connectivity index (χ1) is 14.0. The summed E-state index contributed by atoms with van der Waals surface area (Å²) in [4.78, 5) is 17.1. The van der Waals surface area contributed by atoms with Crippen molar-refractivity contribution in [3.63, 3.8) is 0 Å². The van der Waals surface area contributed by atoms with E-state index in [1.165, 1.54) is 22.5 Å². The monoisotopic (exact) mass is 430 g/mol. The van der Waals surface area contributed by atoms with Gasteiger partial charge in [0, 0.05) is 24.7 Å². The van der Waals surface area contributed by atoms with Crippen molar-refractivity contribution >= 4 is 38.5 Å². The Hall–Kier alpha value is -2.48. The van der Waals surface area contributed by atoms with Crippen molar-refractivity contribution in [2.75, 3.05) is 13.1 Å². The zero-order valence-electron chi connectivity index (χ0n) is 15.5. The van der Waals surface area contributed by atoms with Gasteiger partial charge in [0.15, 0.2) is 5.75 Å². The second kappa shape index (κ2) is 8.10. The lowest BCUT2D eigenvalue weighted by Crippen LogP contribution is -2.35. The number of aromatic nitrogens is 1. The molecule has 1 aliphatic rings. The van der Waals surface area contributed by atoms with E-state index >= 15 is 0 Å². The summed E-state index contributed by atoms with van der Waals surface area (Å²) in [5.41, 5.74) is 0.536. The fourth-order valence-corrected chi connectivity index (χ4v) is 5.13. The van der Waals surface area contributed by atoms with Crippen molar-refractivity contribution in [2.45, 2.75) is 24.2 Å². The van der Waals surface area contributed by atoms with Gasteiger partial charge in [0.1, 0.15) is 5.52 Å². The van der Waals surface area contributed by atoms with Crippen molar-refractivity contribution < 1.29 is 17.9 Å². The van der Waals surface area contributed by atoms with E-state index in [1.54, 1.807) is 24.4 Å². The number of hydrogen-bond acceptors (Lipinski definition) is 5. The van der Waals surface area contributed by atoms with E-state index in [1.807, 2.05) is 12.1 Å². The molecule has 0 unspecified atom stereocenters. The maximum atomic E-state index is 12.9. The summed E-state index contributed by atoms with van der Waals surface area (Å²) >= 11 is 6.19. The number of benzene rings is 2. The molecule has 0 saturated carbocycles. The van der Waals surface area contributed by atoms with E-state index in [0.29, 0.717) is 18.6 Å². The van der Waals surface area contributed by atoms with Crippen LogP contribution in [0, 0.1) is 0 Å². The van der Waals surface area contributed by atoms with Gasteiger partial charge < -0.3 is 4.74 Å². The standard InChI is InChI=1S/C21H19ClN2O4S/c22-18-10-9-16(29(26,27)24-12-2-1-3-13-24)14-17(18)21(25)28-19-8-4-6-15-7-5-11-23-20(15)19/h4-11,14H,1-3,12-13H2. The van der Waals surface area contributed by atoms with Gasteiger partial charge in [0.2, 0.25) is 10.0 Å². The zero-order chi connectivity index (χ0) is 20.4. The minimum absolute atomic E-state index is 0.00214. The van der Waals surface area contributed by atoms with E-state index in [2.05, 4.69) is 4.98 Å². The third-order valence-corrected chi connectivity index (χ3v) is 7.13. The van der Waals surface area contributed by atoms with Crippen LogP contribution in [0.4, 0.5) is 0 Å². The van der Waals surface area contributed by atoms with Crippen molar-refractivity contribution in [3.8, 4) is 5.75 Å². The number of halogens is 1. The Labute approximate surface area is 174 Å². The first kappa shape index (κ1) is 19.8. The molecule has 0 amide bonds. The Balaban J connectivity index is 1.66. The molecule has 150 valence electrons. The number of sulfonamides is 1. The lowest BCUT2D eigenvalue weighted by Gasteiger charge is -2.26. The van der Waals surface area contributed by atoms with Gasteiger partial charge in [0.25, 0.3) is 0 Å². The largest absolute Gasteiger partial charge is 0.421 e. The van der Waals surface area contributed by atoms with Crippen LogP contribution in [0.5, 0.6) is 5.75 Å². The number of pyridine rings is 1. The van der Waals surface area contributed by atoms with Gasteiger partial charge in [-0.1, -0.05) is 36.2 Å². The SMILES string of the molecule is O=C(Oc1cccc2cccnc12)c1cc(S(=O)(=O)N2CCCCC2)ccc1Cl. The fourth-order valence-electron chi connectivity index (χ4n) is 3.39. The molecule has 0 N–H and O–H groups in total. The van der Waals surface area contributed by atoms with E-state index in [0.717, 1.165) is 24.6 Å². The number of esters is 1. The molecule has 0 atom stereocenters. The summed E-state index contributed by atoms with van der Waals surface area (Å²) in [7, 11) is -3.69. The molecule has 0 spiro atoms.